The minimum Gasteiger partial charge on any atom is -0.382 e. The maximum Gasteiger partial charge on any atom is 0.241 e. The van der Waals surface area contributed by atoms with Crippen LogP contribution in [-0.2, 0) is 19.5 Å². The molecule has 0 aliphatic carbocycles. The Kier molecular flexibility index (Phi) is 9.00. The Morgan fingerprint density at radius 3 is 2.57 bits per heavy atom. The molecule has 0 heterocycles. The lowest BCUT2D eigenvalue weighted by Crippen LogP contribution is -2.25. The van der Waals surface area contributed by atoms with Gasteiger partial charge in [-0.05, 0) is 47.0 Å². The van der Waals surface area contributed by atoms with Crippen molar-refractivity contribution < 1.29 is 17.9 Å². The van der Waals surface area contributed by atoms with Gasteiger partial charge in [0.05, 0.1) is 18.1 Å². The third kappa shape index (κ3) is 7.21. The Balaban J connectivity index is 2.33. The van der Waals surface area contributed by atoms with Crippen LogP contribution in [-0.4, -0.2) is 41.9 Å². The first-order chi connectivity index (χ1) is 9.97. The van der Waals surface area contributed by atoms with Crippen molar-refractivity contribution in [3.8, 4) is 0 Å². The summed E-state index contributed by atoms with van der Waals surface area (Å²) in [6, 6.07) is 4.96. The Morgan fingerprint density at radius 1 is 1.14 bits per heavy atom. The summed E-state index contributed by atoms with van der Waals surface area (Å²) in [7, 11) is -1.86. The van der Waals surface area contributed by atoms with Crippen molar-refractivity contribution in [2.75, 3.05) is 33.5 Å². The normalized spacial score (nSPS) is 11.8. The third-order valence-corrected chi connectivity index (χ3v) is 5.55. The molecule has 1 rings (SSSR count). The zero-order valence-electron chi connectivity index (χ0n) is 11.8. The van der Waals surface area contributed by atoms with Crippen LogP contribution in [0.2, 0.25) is 0 Å². The van der Waals surface area contributed by atoms with Gasteiger partial charge < -0.3 is 9.47 Å². The largest absolute Gasteiger partial charge is 0.382 e. The molecule has 0 aliphatic rings. The Labute approximate surface area is 142 Å². The number of methoxy groups -OCH3 is 1. The van der Waals surface area contributed by atoms with Crippen molar-refractivity contribution in [2.24, 2.45) is 0 Å². The van der Waals surface area contributed by atoms with Crippen molar-refractivity contribution in [3.05, 3.63) is 27.1 Å². The smallest absolute Gasteiger partial charge is 0.241 e. The van der Waals surface area contributed by atoms with E-state index < -0.39 is 10.0 Å². The number of unbranched alkanes of at least 4 members (excludes halogenated alkanes) is 1. The van der Waals surface area contributed by atoms with Crippen LogP contribution in [0.5, 0.6) is 0 Å². The van der Waals surface area contributed by atoms with E-state index in [1.54, 1.807) is 25.3 Å². The van der Waals surface area contributed by atoms with E-state index in [4.69, 9.17) is 9.47 Å². The minimum atomic E-state index is -3.49. The Morgan fingerprint density at radius 2 is 1.90 bits per heavy atom. The van der Waals surface area contributed by atoms with Gasteiger partial charge in [-0.1, -0.05) is 15.9 Å². The van der Waals surface area contributed by atoms with Gasteiger partial charge in [0, 0.05) is 29.2 Å². The van der Waals surface area contributed by atoms with Crippen LogP contribution in [0, 0.1) is 0 Å². The van der Waals surface area contributed by atoms with Gasteiger partial charge >= 0.3 is 0 Å². The molecule has 0 aromatic heterocycles. The molecule has 0 bridgehead atoms. The van der Waals surface area contributed by atoms with Crippen LogP contribution in [0.1, 0.15) is 12.8 Å². The summed E-state index contributed by atoms with van der Waals surface area (Å²) in [6.07, 6.45) is 1.52. The zero-order chi connectivity index (χ0) is 15.7. The molecule has 0 fully saturated rings. The lowest BCUT2D eigenvalue weighted by atomic mass is 10.3. The van der Waals surface area contributed by atoms with Crippen LogP contribution in [0.15, 0.2) is 32.0 Å². The van der Waals surface area contributed by atoms with E-state index in [1.807, 2.05) is 0 Å². The monoisotopic (exact) mass is 443 g/mol. The van der Waals surface area contributed by atoms with Crippen molar-refractivity contribution in [3.63, 3.8) is 0 Å². The summed E-state index contributed by atoms with van der Waals surface area (Å²) in [5.74, 6) is 0. The highest BCUT2D eigenvalue weighted by Gasteiger charge is 2.16. The molecule has 0 unspecified atom stereocenters. The molecule has 1 aromatic carbocycles. The van der Waals surface area contributed by atoms with Crippen LogP contribution in [0.4, 0.5) is 0 Å². The number of nitrogens with one attached hydrogen (secondary N) is 1. The Bertz CT molecular complexity index is 537. The van der Waals surface area contributed by atoms with E-state index in [1.165, 1.54) is 0 Å². The van der Waals surface area contributed by atoms with Crippen molar-refractivity contribution in [1.29, 1.82) is 0 Å². The number of ether oxygens (including phenoxy) is 2. The second kappa shape index (κ2) is 9.91. The molecule has 0 aliphatic heterocycles. The maximum absolute atomic E-state index is 12.1. The summed E-state index contributed by atoms with van der Waals surface area (Å²) in [6.45, 7) is 2.13. The van der Waals surface area contributed by atoms with E-state index in [0.29, 0.717) is 30.8 Å². The highest BCUT2D eigenvalue weighted by Crippen LogP contribution is 2.25. The first kappa shape index (κ1) is 19.1. The molecular formula is C13H19Br2NO4S. The molecule has 120 valence electrons. The summed E-state index contributed by atoms with van der Waals surface area (Å²) >= 11 is 6.55. The molecule has 1 aromatic rings. The highest BCUT2D eigenvalue weighted by molar-refractivity contribution is 9.11. The van der Waals surface area contributed by atoms with E-state index in [0.717, 1.165) is 17.3 Å². The molecule has 0 atom stereocenters. The number of hydrogen-bond donors (Lipinski definition) is 1. The van der Waals surface area contributed by atoms with Gasteiger partial charge in [0.25, 0.3) is 0 Å². The quantitative estimate of drug-likeness (QED) is 0.563. The fourth-order valence-electron chi connectivity index (χ4n) is 1.55. The van der Waals surface area contributed by atoms with E-state index >= 15 is 0 Å². The zero-order valence-corrected chi connectivity index (χ0v) is 15.8. The number of rotatable bonds is 10. The van der Waals surface area contributed by atoms with Crippen LogP contribution in [0.3, 0.4) is 0 Å². The minimum absolute atomic E-state index is 0.238. The molecule has 0 spiro atoms. The van der Waals surface area contributed by atoms with E-state index in [9.17, 15) is 8.42 Å². The first-order valence-corrected chi connectivity index (χ1v) is 9.55. The average molecular weight is 445 g/mol. The fraction of sp³-hybridized carbons (Fsp3) is 0.538. The number of benzene rings is 1. The molecule has 5 nitrogen and oxygen atoms in total. The summed E-state index contributed by atoms with van der Waals surface area (Å²) in [5, 5.41) is 0. The average Bonchev–Trinajstić information content (AvgIpc) is 2.41. The molecule has 21 heavy (non-hydrogen) atoms. The second-order valence-electron chi connectivity index (χ2n) is 4.28. The predicted octanol–water partition coefficient (Wildman–Crippen LogP) is 2.93. The van der Waals surface area contributed by atoms with Crippen molar-refractivity contribution in [2.45, 2.75) is 17.7 Å². The first-order valence-electron chi connectivity index (χ1n) is 6.49. The standard InChI is InChI=1S/C13H19Br2NO4S/c1-19-8-9-20-7-3-2-6-16-21(17,18)13-5-4-11(14)10-12(13)15/h4-5,10,16H,2-3,6-9H2,1H3. The predicted molar refractivity (Wildman–Crippen MR) is 89.0 cm³/mol. The van der Waals surface area contributed by atoms with Crippen LogP contribution in [0.25, 0.3) is 0 Å². The maximum atomic E-state index is 12.1. The van der Waals surface area contributed by atoms with Crippen LogP contribution >= 0.6 is 31.9 Å². The van der Waals surface area contributed by atoms with Gasteiger partial charge in [0.15, 0.2) is 0 Å². The van der Waals surface area contributed by atoms with Gasteiger partial charge in [0.1, 0.15) is 0 Å². The molecule has 0 radical (unpaired) electrons. The number of halogens is 2. The molecule has 1 N–H and O–H groups in total. The topological polar surface area (TPSA) is 64.6 Å². The number of sulfonamides is 1. The second-order valence-corrected chi connectivity index (χ2v) is 7.79. The lowest BCUT2D eigenvalue weighted by Gasteiger charge is -2.09. The molecule has 0 saturated heterocycles. The summed E-state index contributed by atoms with van der Waals surface area (Å²) in [4.78, 5) is 0.238. The third-order valence-electron chi connectivity index (χ3n) is 2.62. The van der Waals surface area contributed by atoms with Crippen molar-refractivity contribution in [1.82, 2.24) is 4.72 Å². The SMILES string of the molecule is COCCOCCCCNS(=O)(=O)c1ccc(Br)cc1Br. The van der Waals surface area contributed by atoms with Gasteiger partial charge in [0.2, 0.25) is 10.0 Å². The molecule has 0 saturated carbocycles. The lowest BCUT2D eigenvalue weighted by molar-refractivity contribution is 0.0689. The van der Waals surface area contributed by atoms with Gasteiger partial charge in [-0.3, -0.25) is 0 Å². The van der Waals surface area contributed by atoms with Crippen LogP contribution < -0.4 is 4.72 Å². The molecule has 8 heteroatoms. The van der Waals surface area contributed by atoms with Gasteiger partial charge in [-0.25, -0.2) is 13.1 Å². The Hall–Kier alpha value is 0.01000. The van der Waals surface area contributed by atoms with Gasteiger partial charge in [-0.15, -0.1) is 0 Å². The molecule has 0 amide bonds. The van der Waals surface area contributed by atoms with E-state index in [-0.39, 0.29) is 4.90 Å². The van der Waals surface area contributed by atoms with E-state index in [2.05, 4.69) is 36.6 Å². The number of hydrogen-bond acceptors (Lipinski definition) is 4. The summed E-state index contributed by atoms with van der Waals surface area (Å²) < 4.78 is 38.4. The molecular weight excluding hydrogens is 426 g/mol. The van der Waals surface area contributed by atoms with Crippen molar-refractivity contribution >= 4 is 41.9 Å². The van der Waals surface area contributed by atoms with Gasteiger partial charge in [-0.2, -0.15) is 0 Å². The summed E-state index contributed by atoms with van der Waals surface area (Å²) in [5.41, 5.74) is 0. The highest BCUT2D eigenvalue weighted by atomic mass is 79.9. The fourth-order valence-corrected chi connectivity index (χ4v) is 4.37.